The van der Waals surface area contributed by atoms with Crippen molar-refractivity contribution in [3.63, 3.8) is 0 Å². The maximum atomic E-state index is 13.2. The molecule has 0 aliphatic rings. The predicted molar refractivity (Wildman–Crippen MR) is 94.7 cm³/mol. The van der Waals surface area contributed by atoms with Gasteiger partial charge in [-0.3, -0.25) is 0 Å². The fourth-order valence-corrected chi connectivity index (χ4v) is 2.76. The van der Waals surface area contributed by atoms with E-state index in [9.17, 15) is 8.78 Å². The lowest BCUT2D eigenvalue weighted by Crippen LogP contribution is -2.37. The number of nitrogens with one attached hydrogen (secondary N) is 1. The van der Waals surface area contributed by atoms with Crippen molar-refractivity contribution >= 4 is 0 Å². The molecule has 3 N–H and O–H groups in total. The van der Waals surface area contributed by atoms with Crippen LogP contribution in [-0.2, 0) is 19.4 Å². The van der Waals surface area contributed by atoms with E-state index in [-0.39, 0.29) is 12.0 Å². The Bertz CT molecular complexity index is 638. The van der Waals surface area contributed by atoms with Crippen LogP contribution >= 0.6 is 0 Å². The second-order valence-electron chi connectivity index (χ2n) is 6.43. The first-order chi connectivity index (χ1) is 11.5. The summed E-state index contributed by atoms with van der Waals surface area (Å²) in [6, 6.07) is 11.9. The van der Waals surface area contributed by atoms with Crippen molar-refractivity contribution in [3.8, 4) is 0 Å². The molecule has 0 saturated heterocycles. The quantitative estimate of drug-likeness (QED) is 0.771. The zero-order valence-electron chi connectivity index (χ0n) is 14.4. The van der Waals surface area contributed by atoms with Crippen LogP contribution in [0.2, 0.25) is 0 Å². The number of nitrogens with two attached hydrogens (primary N) is 1. The predicted octanol–water partition coefficient (Wildman–Crippen LogP) is 3.82. The normalized spacial score (nSPS) is 13.7. The largest absolute Gasteiger partial charge is 0.327 e. The molecule has 24 heavy (non-hydrogen) atoms. The van der Waals surface area contributed by atoms with Crippen molar-refractivity contribution in [1.82, 2.24) is 5.32 Å². The minimum Gasteiger partial charge on any atom is -0.327 e. The molecule has 0 amide bonds. The highest BCUT2D eigenvalue weighted by molar-refractivity contribution is 5.23. The third-order valence-electron chi connectivity index (χ3n) is 4.32. The van der Waals surface area contributed by atoms with E-state index in [2.05, 4.69) is 43.4 Å². The minimum atomic E-state index is -0.557. The van der Waals surface area contributed by atoms with Gasteiger partial charge in [-0.2, -0.15) is 0 Å². The van der Waals surface area contributed by atoms with E-state index in [1.165, 1.54) is 23.3 Å². The molecule has 0 radical (unpaired) electrons. The summed E-state index contributed by atoms with van der Waals surface area (Å²) >= 11 is 0. The highest BCUT2D eigenvalue weighted by Crippen LogP contribution is 2.13. The van der Waals surface area contributed by atoms with Crippen LogP contribution in [0.5, 0.6) is 0 Å². The van der Waals surface area contributed by atoms with E-state index in [1.54, 1.807) is 0 Å². The van der Waals surface area contributed by atoms with E-state index in [4.69, 9.17) is 5.73 Å². The molecule has 2 aromatic rings. The van der Waals surface area contributed by atoms with Gasteiger partial charge in [-0.05, 0) is 54.1 Å². The first-order valence-corrected chi connectivity index (χ1v) is 8.47. The van der Waals surface area contributed by atoms with Crippen molar-refractivity contribution < 1.29 is 8.78 Å². The number of rotatable bonds is 8. The standard InChI is InChI=1S/C20H26F2N2/c1-3-15-5-4-6-16(7-15)13-24-12-14(2)20(23)10-17-8-18(21)11-19(22)9-17/h4-9,11,14,20,24H,3,10,12-13,23H2,1-2H3/t14-,20+/m1/s1. The van der Waals surface area contributed by atoms with Gasteiger partial charge in [-0.25, -0.2) is 8.78 Å². The molecule has 0 spiro atoms. The smallest absolute Gasteiger partial charge is 0.126 e. The summed E-state index contributed by atoms with van der Waals surface area (Å²) in [6.45, 7) is 5.74. The third-order valence-corrected chi connectivity index (χ3v) is 4.32. The van der Waals surface area contributed by atoms with Crippen LogP contribution in [-0.4, -0.2) is 12.6 Å². The summed E-state index contributed by atoms with van der Waals surface area (Å²) in [5.41, 5.74) is 9.37. The highest BCUT2D eigenvalue weighted by Gasteiger charge is 2.14. The Balaban J connectivity index is 1.81. The SMILES string of the molecule is CCc1cccc(CNC[C@@H](C)[C@@H](N)Cc2cc(F)cc(F)c2)c1. The molecule has 4 heteroatoms. The lowest BCUT2D eigenvalue weighted by atomic mass is 9.95. The van der Waals surface area contributed by atoms with Gasteiger partial charge < -0.3 is 11.1 Å². The fourth-order valence-electron chi connectivity index (χ4n) is 2.76. The lowest BCUT2D eigenvalue weighted by Gasteiger charge is -2.20. The lowest BCUT2D eigenvalue weighted by molar-refractivity contribution is 0.420. The van der Waals surface area contributed by atoms with Gasteiger partial charge in [0.2, 0.25) is 0 Å². The molecule has 2 nitrogen and oxygen atoms in total. The Morgan fingerprint density at radius 1 is 1.00 bits per heavy atom. The summed E-state index contributed by atoms with van der Waals surface area (Å²) in [5, 5.41) is 3.41. The van der Waals surface area contributed by atoms with Crippen molar-refractivity contribution in [2.75, 3.05) is 6.54 Å². The van der Waals surface area contributed by atoms with Crippen molar-refractivity contribution in [3.05, 3.63) is 70.8 Å². The number of hydrogen-bond donors (Lipinski definition) is 2. The first-order valence-electron chi connectivity index (χ1n) is 8.47. The summed E-state index contributed by atoms with van der Waals surface area (Å²) in [5.74, 6) is -0.914. The Morgan fingerprint density at radius 2 is 1.67 bits per heavy atom. The van der Waals surface area contributed by atoms with Gasteiger partial charge in [0.25, 0.3) is 0 Å². The van der Waals surface area contributed by atoms with Gasteiger partial charge in [0.1, 0.15) is 11.6 Å². The Kier molecular flexibility index (Phi) is 6.88. The summed E-state index contributed by atoms with van der Waals surface area (Å²) in [4.78, 5) is 0. The molecular formula is C20H26F2N2. The maximum Gasteiger partial charge on any atom is 0.126 e. The number of benzene rings is 2. The third kappa shape index (κ3) is 5.69. The zero-order valence-corrected chi connectivity index (χ0v) is 14.4. The highest BCUT2D eigenvalue weighted by atomic mass is 19.1. The summed E-state index contributed by atoms with van der Waals surface area (Å²) in [7, 11) is 0. The zero-order chi connectivity index (χ0) is 17.5. The van der Waals surface area contributed by atoms with Gasteiger partial charge in [0.15, 0.2) is 0 Å². The molecule has 0 unspecified atom stereocenters. The van der Waals surface area contributed by atoms with E-state index >= 15 is 0 Å². The number of halogens is 2. The van der Waals surface area contributed by atoms with Crippen molar-refractivity contribution in [2.24, 2.45) is 11.7 Å². The fraction of sp³-hybridized carbons (Fsp3) is 0.400. The van der Waals surface area contributed by atoms with E-state index in [1.807, 2.05) is 0 Å². The number of hydrogen-bond acceptors (Lipinski definition) is 2. The van der Waals surface area contributed by atoms with Crippen LogP contribution in [0.4, 0.5) is 8.78 Å². The average molecular weight is 332 g/mol. The first kappa shape index (κ1) is 18.6. The van der Waals surface area contributed by atoms with Crippen LogP contribution in [0.15, 0.2) is 42.5 Å². The summed E-state index contributed by atoms with van der Waals surface area (Å²) < 4.78 is 26.5. The van der Waals surface area contributed by atoms with Gasteiger partial charge in [-0.1, -0.05) is 38.1 Å². The van der Waals surface area contributed by atoms with Gasteiger partial charge >= 0.3 is 0 Å². The molecule has 2 atom stereocenters. The summed E-state index contributed by atoms with van der Waals surface area (Å²) in [6.07, 6.45) is 1.49. The van der Waals surface area contributed by atoms with Crippen LogP contribution < -0.4 is 11.1 Å². The van der Waals surface area contributed by atoms with E-state index in [0.717, 1.165) is 25.6 Å². The molecule has 0 aromatic heterocycles. The molecule has 0 bridgehead atoms. The van der Waals surface area contributed by atoms with Gasteiger partial charge in [0.05, 0.1) is 0 Å². The van der Waals surface area contributed by atoms with Crippen molar-refractivity contribution in [2.45, 2.75) is 39.3 Å². The minimum absolute atomic E-state index is 0.152. The monoisotopic (exact) mass is 332 g/mol. The Hall–Kier alpha value is -1.78. The van der Waals surface area contributed by atoms with Gasteiger partial charge in [-0.15, -0.1) is 0 Å². The molecular weight excluding hydrogens is 306 g/mol. The topological polar surface area (TPSA) is 38.0 Å². The van der Waals surface area contributed by atoms with Crippen LogP contribution in [0.25, 0.3) is 0 Å². The number of aryl methyl sites for hydroxylation is 1. The molecule has 2 rings (SSSR count). The molecule has 2 aromatic carbocycles. The second kappa shape index (κ2) is 8.90. The Labute approximate surface area is 143 Å². The van der Waals surface area contributed by atoms with Crippen LogP contribution in [0, 0.1) is 17.6 Å². The molecule has 0 saturated carbocycles. The molecule has 0 aliphatic carbocycles. The van der Waals surface area contributed by atoms with E-state index in [0.29, 0.717) is 12.0 Å². The van der Waals surface area contributed by atoms with Crippen molar-refractivity contribution in [1.29, 1.82) is 0 Å². The van der Waals surface area contributed by atoms with Crippen LogP contribution in [0.3, 0.4) is 0 Å². The maximum absolute atomic E-state index is 13.2. The molecule has 0 aliphatic heterocycles. The molecule has 0 fully saturated rings. The molecule has 0 heterocycles. The van der Waals surface area contributed by atoms with Gasteiger partial charge in [0, 0.05) is 18.7 Å². The Morgan fingerprint density at radius 3 is 2.33 bits per heavy atom. The molecule has 130 valence electrons. The van der Waals surface area contributed by atoms with E-state index < -0.39 is 11.6 Å². The van der Waals surface area contributed by atoms with Crippen LogP contribution in [0.1, 0.15) is 30.5 Å². The second-order valence-corrected chi connectivity index (χ2v) is 6.43. The average Bonchev–Trinajstić information content (AvgIpc) is 2.54.